The summed E-state index contributed by atoms with van der Waals surface area (Å²) in [5.74, 6) is 0. The van der Waals surface area contributed by atoms with E-state index in [4.69, 9.17) is 34.8 Å². The van der Waals surface area contributed by atoms with Crippen molar-refractivity contribution in [2.24, 2.45) is 0 Å². The molecule has 1 aromatic heterocycles. The maximum absolute atomic E-state index is 6.03. The van der Waals surface area contributed by atoms with E-state index in [1.165, 1.54) is 0 Å². The highest BCUT2D eigenvalue weighted by Crippen LogP contribution is 2.21. The van der Waals surface area contributed by atoms with Gasteiger partial charge in [0.2, 0.25) is 0 Å². The van der Waals surface area contributed by atoms with Crippen LogP contribution >= 0.6 is 34.8 Å². The van der Waals surface area contributed by atoms with E-state index in [0.717, 1.165) is 22.6 Å². The van der Waals surface area contributed by atoms with Gasteiger partial charge in [0.15, 0.2) is 0 Å². The molecule has 0 bridgehead atoms. The molecule has 0 atom stereocenters. The van der Waals surface area contributed by atoms with Crippen LogP contribution in [0.5, 0.6) is 0 Å². The minimum absolute atomic E-state index is 0.679. The van der Waals surface area contributed by atoms with E-state index >= 15 is 0 Å². The lowest BCUT2D eigenvalue weighted by molar-refractivity contribution is 0.586. The Balaban J connectivity index is 1.89. The van der Waals surface area contributed by atoms with Crippen molar-refractivity contribution in [3.8, 4) is 22.6 Å². The van der Waals surface area contributed by atoms with Crippen LogP contribution in [0, 0.1) is 0 Å². The number of H-pyrrole nitrogens is 2. The zero-order chi connectivity index (χ0) is 18.8. The highest BCUT2D eigenvalue weighted by Gasteiger charge is 2.05. The number of nitrogens with zero attached hydrogens (tertiary/aromatic N) is 2. The maximum Gasteiger partial charge on any atom is 0.0828 e. The van der Waals surface area contributed by atoms with Gasteiger partial charge >= 0.3 is 0 Å². The Hall–Kier alpha value is -2.53. The molecule has 27 heavy (non-hydrogen) atoms. The smallest absolute Gasteiger partial charge is 0.0828 e. The molecular formula is C20H15Cl3N4. The Morgan fingerprint density at radius 3 is 1.63 bits per heavy atom. The quantitative estimate of drug-likeness (QED) is 0.373. The topological polar surface area (TPSA) is 41.4 Å². The predicted octanol–water partition coefficient (Wildman–Crippen LogP) is 6.68. The molecular weight excluding hydrogens is 403 g/mol. The number of hydrogen-bond donors (Lipinski definition) is 2. The van der Waals surface area contributed by atoms with Gasteiger partial charge in [0, 0.05) is 20.6 Å². The van der Waals surface area contributed by atoms with Crippen molar-refractivity contribution in [1.82, 2.24) is 19.8 Å². The molecule has 0 fully saturated rings. The summed E-state index contributed by atoms with van der Waals surface area (Å²) >= 11 is 18.1. The van der Waals surface area contributed by atoms with Crippen LogP contribution in [-0.4, -0.2) is 19.8 Å². The Morgan fingerprint density at radius 1 is 0.593 bits per heavy atom. The van der Waals surface area contributed by atoms with E-state index in [0.29, 0.717) is 15.1 Å². The average molecular weight is 418 g/mol. The fourth-order valence-electron chi connectivity index (χ4n) is 2.65. The third-order valence-electron chi connectivity index (χ3n) is 4.04. The number of rotatable bonds is 3. The van der Waals surface area contributed by atoms with Gasteiger partial charge in [-0.25, -0.2) is 9.90 Å². The van der Waals surface area contributed by atoms with Gasteiger partial charge in [0.25, 0.3) is 0 Å². The standard InChI is InChI=1S/C20H15Cl3N4/c21-15-3-1-14(2-4-15)20-13-26(18-9-5-16(22)6-10-18)25-27(24-20)19-11-7-17(23)8-12-19/h1-13,24-25H. The van der Waals surface area contributed by atoms with Crippen LogP contribution in [0.2, 0.25) is 15.1 Å². The van der Waals surface area contributed by atoms with Crippen LogP contribution in [0.15, 0.2) is 79.0 Å². The summed E-state index contributed by atoms with van der Waals surface area (Å²) in [6.45, 7) is 0. The fraction of sp³-hybridized carbons (Fsp3) is 0. The van der Waals surface area contributed by atoms with Crippen molar-refractivity contribution in [3.63, 3.8) is 0 Å². The molecule has 0 spiro atoms. The molecule has 0 saturated heterocycles. The van der Waals surface area contributed by atoms with E-state index in [1.54, 1.807) is 0 Å². The molecule has 3 aromatic carbocycles. The molecule has 4 aromatic rings. The fourth-order valence-corrected chi connectivity index (χ4v) is 3.03. The first-order chi connectivity index (χ1) is 13.1. The molecule has 0 aliphatic rings. The third kappa shape index (κ3) is 4.08. The van der Waals surface area contributed by atoms with Crippen LogP contribution in [0.1, 0.15) is 0 Å². The van der Waals surface area contributed by atoms with Crippen LogP contribution in [0.3, 0.4) is 0 Å². The number of aromatic amines is 2. The summed E-state index contributed by atoms with van der Waals surface area (Å²) in [6.07, 6.45) is 1.97. The minimum atomic E-state index is 0.679. The summed E-state index contributed by atoms with van der Waals surface area (Å²) in [5.41, 5.74) is 3.73. The first kappa shape index (κ1) is 17.9. The monoisotopic (exact) mass is 416 g/mol. The molecule has 136 valence electrons. The van der Waals surface area contributed by atoms with Gasteiger partial charge in [-0.1, -0.05) is 46.9 Å². The van der Waals surface area contributed by atoms with E-state index in [9.17, 15) is 0 Å². The first-order valence-electron chi connectivity index (χ1n) is 8.20. The Bertz CT molecular complexity index is 926. The van der Waals surface area contributed by atoms with Crippen LogP contribution in [-0.2, 0) is 0 Å². The van der Waals surface area contributed by atoms with E-state index < -0.39 is 0 Å². The number of hydrogen-bond acceptors (Lipinski definition) is 0. The lowest BCUT2D eigenvalue weighted by Gasteiger charge is -2.17. The normalized spacial score (nSPS) is 10.8. The third-order valence-corrected chi connectivity index (χ3v) is 4.80. The second-order valence-corrected chi connectivity index (χ2v) is 7.23. The van der Waals surface area contributed by atoms with E-state index in [1.807, 2.05) is 88.5 Å². The van der Waals surface area contributed by atoms with Crippen molar-refractivity contribution in [3.05, 3.63) is 94.1 Å². The lowest BCUT2D eigenvalue weighted by atomic mass is 10.2. The summed E-state index contributed by atoms with van der Waals surface area (Å²) < 4.78 is 1.91. The van der Waals surface area contributed by atoms with Gasteiger partial charge in [0.05, 0.1) is 23.3 Å². The maximum atomic E-state index is 6.03. The molecule has 1 heterocycles. The second kappa shape index (κ2) is 7.61. The Labute approximate surface area is 171 Å². The van der Waals surface area contributed by atoms with Crippen molar-refractivity contribution >= 4 is 34.8 Å². The van der Waals surface area contributed by atoms with Crippen molar-refractivity contribution in [2.45, 2.75) is 0 Å². The highest BCUT2D eigenvalue weighted by molar-refractivity contribution is 6.31. The molecule has 0 aliphatic carbocycles. The highest BCUT2D eigenvalue weighted by atomic mass is 35.5. The molecule has 0 aliphatic heterocycles. The number of benzene rings is 3. The molecule has 0 unspecified atom stereocenters. The first-order valence-corrected chi connectivity index (χ1v) is 9.33. The molecule has 0 radical (unpaired) electrons. The second-order valence-electron chi connectivity index (χ2n) is 5.92. The zero-order valence-electron chi connectivity index (χ0n) is 14.0. The van der Waals surface area contributed by atoms with Crippen LogP contribution in [0.4, 0.5) is 0 Å². The summed E-state index contributed by atoms with van der Waals surface area (Å²) in [6, 6.07) is 22.8. The number of nitrogens with one attached hydrogen (secondary N) is 2. The number of aromatic nitrogens is 4. The Kier molecular flexibility index (Phi) is 5.03. The van der Waals surface area contributed by atoms with Gasteiger partial charge in [-0.2, -0.15) is 4.80 Å². The molecule has 0 saturated carbocycles. The molecule has 0 amide bonds. The lowest BCUT2D eigenvalue weighted by Crippen LogP contribution is -2.15. The Morgan fingerprint density at radius 2 is 1.07 bits per heavy atom. The zero-order valence-corrected chi connectivity index (χ0v) is 16.3. The minimum Gasteiger partial charge on any atom is -0.276 e. The average Bonchev–Trinajstić information content (AvgIpc) is 2.69. The van der Waals surface area contributed by atoms with Gasteiger partial charge < -0.3 is 0 Å². The van der Waals surface area contributed by atoms with Gasteiger partial charge in [0.1, 0.15) is 0 Å². The summed E-state index contributed by atoms with van der Waals surface area (Å²) in [4.78, 5) is 1.81. The largest absolute Gasteiger partial charge is 0.276 e. The molecule has 2 N–H and O–H groups in total. The van der Waals surface area contributed by atoms with Crippen LogP contribution in [0.25, 0.3) is 22.6 Å². The molecule has 4 nitrogen and oxygen atoms in total. The van der Waals surface area contributed by atoms with Gasteiger partial charge in [-0.3, -0.25) is 5.10 Å². The van der Waals surface area contributed by atoms with Gasteiger partial charge in [-0.15, -0.1) is 0 Å². The number of halogens is 3. The molecule has 7 heteroatoms. The van der Waals surface area contributed by atoms with Gasteiger partial charge in [-0.05, 0) is 60.7 Å². The SMILES string of the molecule is Clc1ccc(-c2cn(-c3ccc(Cl)cc3)[nH]n(-c3ccc(Cl)cc3)[nH]2)cc1. The summed E-state index contributed by atoms with van der Waals surface area (Å²) in [7, 11) is 0. The predicted molar refractivity (Wildman–Crippen MR) is 112 cm³/mol. The van der Waals surface area contributed by atoms with Crippen molar-refractivity contribution in [1.29, 1.82) is 0 Å². The van der Waals surface area contributed by atoms with E-state index in [-0.39, 0.29) is 0 Å². The molecule has 4 rings (SSSR count). The van der Waals surface area contributed by atoms with Crippen molar-refractivity contribution < 1.29 is 0 Å². The van der Waals surface area contributed by atoms with Crippen molar-refractivity contribution in [2.75, 3.05) is 0 Å². The van der Waals surface area contributed by atoms with E-state index in [2.05, 4.69) is 10.3 Å². The summed E-state index contributed by atoms with van der Waals surface area (Å²) in [5, 5.41) is 8.73. The van der Waals surface area contributed by atoms with Crippen LogP contribution < -0.4 is 0 Å².